The van der Waals surface area contributed by atoms with Crippen LogP contribution in [-0.4, -0.2) is 61.2 Å². The summed E-state index contributed by atoms with van der Waals surface area (Å²) in [4.78, 5) is 17.0. The van der Waals surface area contributed by atoms with Gasteiger partial charge in [0, 0.05) is 31.7 Å². The highest BCUT2D eigenvalue weighted by atomic mass is 16.5. The van der Waals surface area contributed by atoms with Gasteiger partial charge in [-0.3, -0.25) is 9.69 Å². The predicted molar refractivity (Wildman–Crippen MR) is 95.5 cm³/mol. The Kier molecular flexibility index (Phi) is 4.95. The Bertz CT molecular complexity index is 615. The van der Waals surface area contributed by atoms with E-state index in [1.807, 2.05) is 17.0 Å². The van der Waals surface area contributed by atoms with Crippen LogP contribution in [0.5, 0.6) is 5.75 Å². The first kappa shape index (κ1) is 16.9. The molecule has 3 atom stereocenters. The highest BCUT2D eigenvalue weighted by Crippen LogP contribution is 2.35. The van der Waals surface area contributed by atoms with Crippen molar-refractivity contribution in [2.45, 2.75) is 44.4 Å². The standard InChI is InChI=1S/C20H28N2O3/c1-24-17-7-3-2-6-16(17)13-21-11-8-15-12-18(25-19(15)14-21)20(23)22-9-4-5-10-22/h2-3,6-7,15,18-19H,4-5,8-14H2,1H3/t15-,18-,19-/m1/s1. The minimum atomic E-state index is -0.209. The lowest BCUT2D eigenvalue weighted by molar-refractivity contribution is -0.142. The van der Waals surface area contributed by atoms with E-state index in [9.17, 15) is 4.79 Å². The lowest BCUT2D eigenvalue weighted by atomic mass is 9.91. The van der Waals surface area contributed by atoms with E-state index in [-0.39, 0.29) is 18.1 Å². The van der Waals surface area contributed by atoms with E-state index in [2.05, 4.69) is 17.0 Å². The normalized spacial score (nSPS) is 29.6. The highest BCUT2D eigenvalue weighted by Gasteiger charge is 2.43. The molecule has 4 rings (SSSR count). The molecule has 5 nitrogen and oxygen atoms in total. The maximum atomic E-state index is 12.6. The van der Waals surface area contributed by atoms with Gasteiger partial charge in [0.15, 0.2) is 0 Å². The third kappa shape index (κ3) is 3.53. The minimum Gasteiger partial charge on any atom is -0.496 e. The van der Waals surface area contributed by atoms with Crippen LogP contribution in [0.15, 0.2) is 24.3 Å². The third-order valence-electron chi connectivity index (χ3n) is 5.92. The predicted octanol–water partition coefficient (Wildman–Crippen LogP) is 2.30. The second kappa shape index (κ2) is 7.34. The molecule has 0 saturated carbocycles. The Hall–Kier alpha value is -1.59. The molecule has 0 N–H and O–H groups in total. The van der Waals surface area contributed by atoms with Crippen LogP contribution in [0.2, 0.25) is 0 Å². The molecule has 136 valence electrons. The van der Waals surface area contributed by atoms with Crippen LogP contribution >= 0.6 is 0 Å². The van der Waals surface area contributed by atoms with E-state index in [4.69, 9.17) is 9.47 Å². The number of likely N-dealkylation sites (tertiary alicyclic amines) is 2. The summed E-state index contributed by atoms with van der Waals surface area (Å²) in [5, 5.41) is 0. The number of carbonyl (C=O) groups is 1. The van der Waals surface area contributed by atoms with Crippen molar-refractivity contribution in [3.05, 3.63) is 29.8 Å². The average molecular weight is 344 g/mol. The van der Waals surface area contributed by atoms with Gasteiger partial charge in [-0.2, -0.15) is 0 Å². The molecule has 1 aromatic carbocycles. The Morgan fingerprint density at radius 2 is 2.04 bits per heavy atom. The molecule has 5 heteroatoms. The second-order valence-corrected chi connectivity index (χ2v) is 7.53. The largest absolute Gasteiger partial charge is 0.496 e. The number of methoxy groups -OCH3 is 1. The molecule has 0 unspecified atom stereocenters. The van der Waals surface area contributed by atoms with Gasteiger partial charge in [0.25, 0.3) is 5.91 Å². The maximum Gasteiger partial charge on any atom is 0.251 e. The van der Waals surface area contributed by atoms with Gasteiger partial charge < -0.3 is 14.4 Å². The summed E-state index contributed by atoms with van der Waals surface area (Å²) in [6.07, 6.45) is 4.28. The molecule has 0 aromatic heterocycles. The average Bonchev–Trinajstić information content (AvgIpc) is 3.31. The third-order valence-corrected chi connectivity index (χ3v) is 5.92. The first-order valence-electron chi connectivity index (χ1n) is 9.53. The van der Waals surface area contributed by atoms with Crippen molar-refractivity contribution in [2.75, 3.05) is 33.3 Å². The number of nitrogens with zero attached hydrogens (tertiary/aromatic N) is 2. The van der Waals surface area contributed by atoms with Crippen LogP contribution in [-0.2, 0) is 16.1 Å². The van der Waals surface area contributed by atoms with Gasteiger partial charge in [-0.05, 0) is 44.2 Å². The fourth-order valence-corrected chi connectivity index (χ4v) is 4.51. The van der Waals surface area contributed by atoms with Crippen LogP contribution in [0.4, 0.5) is 0 Å². The Morgan fingerprint density at radius 3 is 2.84 bits per heavy atom. The van der Waals surface area contributed by atoms with E-state index in [0.717, 1.165) is 64.2 Å². The van der Waals surface area contributed by atoms with E-state index in [1.54, 1.807) is 7.11 Å². The highest BCUT2D eigenvalue weighted by molar-refractivity contribution is 5.81. The first-order chi connectivity index (χ1) is 12.2. The molecule has 0 bridgehead atoms. The van der Waals surface area contributed by atoms with Gasteiger partial charge >= 0.3 is 0 Å². The second-order valence-electron chi connectivity index (χ2n) is 7.53. The monoisotopic (exact) mass is 344 g/mol. The zero-order chi connectivity index (χ0) is 17.2. The van der Waals surface area contributed by atoms with Crippen molar-refractivity contribution >= 4 is 5.91 Å². The van der Waals surface area contributed by atoms with Crippen molar-refractivity contribution in [3.8, 4) is 5.75 Å². The molecule has 0 aliphatic carbocycles. The Morgan fingerprint density at radius 1 is 1.24 bits per heavy atom. The number of carbonyl (C=O) groups excluding carboxylic acids is 1. The van der Waals surface area contributed by atoms with Crippen LogP contribution in [0.1, 0.15) is 31.2 Å². The zero-order valence-electron chi connectivity index (χ0n) is 15.0. The summed E-state index contributed by atoms with van der Waals surface area (Å²) in [7, 11) is 1.72. The van der Waals surface area contributed by atoms with Crippen LogP contribution in [0, 0.1) is 5.92 Å². The molecule has 0 radical (unpaired) electrons. The number of hydrogen-bond donors (Lipinski definition) is 0. The lowest BCUT2D eigenvalue weighted by Crippen LogP contribution is -2.42. The van der Waals surface area contributed by atoms with Crippen molar-refractivity contribution in [1.82, 2.24) is 9.80 Å². The molecule has 25 heavy (non-hydrogen) atoms. The summed E-state index contributed by atoms with van der Waals surface area (Å²) in [5.41, 5.74) is 1.21. The van der Waals surface area contributed by atoms with Crippen molar-refractivity contribution < 1.29 is 14.3 Å². The number of amides is 1. The molecule has 0 spiro atoms. The van der Waals surface area contributed by atoms with Crippen LogP contribution in [0.25, 0.3) is 0 Å². The van der Waals surface area contributed by atoms with Gasteiger partial charge in [-0.15, -0.1) is 0 Å². The van der Waals surface area contributed by atoms with Gasteiger partial charge in [-0.1, -0.05) is 18.2 Å². The van der Waals surface area contributed by atoms with Crippen molar-refractivity contribution in [1.29, 1.82) is 0 Å². The summed E-state index contributed by atoms with van der Waals surface area (Å²) in [6.45, 7) is 4.67. The van der Waals surface area contributed by atoms with E-state index in [1.165, 1.54) is 5.56 Å². The first-order valence-corrected chi connectivity index (χ1v) is 9.53. The fourth-order valence-electron chi connectivity index (χ4n) is 4.51. The van der Waals surface area contributed by atoms with Crippen LogP contribution in [0.3, 0.4) is 0 Å². The molecule has 3 aliphatic heterocycles. The molecule has 1 amide bonds. The quantitative estimate of drug-likeness (QED) is 0.840. The summed E-state index contributed by atoms with van der Waals surface area (Å²) >= 11 is 0. The molecule has 1 aromatic rings. The SMILES string of the molecule is COc1ccccc1CN1CC[C@@H]2C[C@H](C(=O)N3CCCC3)O[C@@H]2C1. The molecular formula is C20H28N2O3. The van der Waals surface area contributed by atoms with E-state index >= 15 is 0 Å². The summed E-state index contributed by atoms with van der Waals surface area (Å²) < 4.78 is 11.7. The van der Waals surface area contributed by atoms with Gasteiger partial charge in [0.1, 0.15) is 11.9 Å². The summed E-state index contributed by atoms with van der Waals surface area (Å²) in [5.74, 6) is 1.70. The molecule has 3 heterocycles. The minimum absolute atomic E-state index is 0.194. The van der Waals surface area contributed by atoms with Crippen molar-refractivity contribution in [2.24, 2.45) is 5.92 Å². The molecule has 3 aliphatic rings. The number of benzene rings is 1. The molecule has 3 saturated heterocycles. The topological polar surface area (TPSA) is 42.0 Å². The number of piperidine rings is 1. The number of hydrogen-bond acceptors (Lipinski definition) is 4. The summed E-state index contributed by atoms with van der Waals surface area (Å²) in [6, 6.07) is 8.20. The van der Waals surface area contributed by atoms with Crippen LogP contribution < -0.4 is 4.74 Å². The Balaban J connectivity index is 1.36. The smallest absolute Gasteiger partial charge is 0.251 e. The Labute approximate surface area is 149 Å². The zero-order valence-corrected chi connectivity index (χ0v) is 15.0. The molecular weight excluding hydrogens is 316 g/mol. The van der Waals surface area contributed by atoms with Gasteiger partial charge in [-0.25, -0.2) is 0 Å². The van der Waals surface area contributed by atoms with E-state index < -0.39 is 0 Å². The maximum absolute atomic E-state index is 12.6. The van der Waals surface area contributed by atoms with Crippen molar-refractivity contribution in [3.63, 3.8) is 0 Å². The number of rotatable bonds is 4. The van der Waals surface area contributed by atoms with Gasteiger partial charge in [0.2, 0.25) is 0 Å². The number of para-hydroxylation sites is 1. The molecule has 3 fully saturated rings. The number of ether oxygens (including phenoxy) is 2. The van der Waals surface area contributed by atoms with E-state index in [0.29, 0.717) is 5.92 Å². The van der Waals surface area contributed by atoms with Gasteiger partial charge in [0.05, 0.1) is 13.2 Å². The fraction of sp³-hybridized carbons (Fsp3) is 0.650. The number of fused-ring (bicyclic) bond motifs is 1. The lowest BCUT2D eigenvalue weighted by Gasteiger charge is -2.34.